The van der Waals surface area contributed by atoms with Gasteiger partial charge in [0.2, 0.25) is 11.8 Å². The van der Waals surface area contributed by atoms with Gasteiger partial charge in [-0.2, -0.15) is 0 Å². The average molecular weight is 510 g/mol. The molecule has 1 fully saturated rings. The van der Waals surface area contributed by atoms with E-state index in [1.807, 2.05) is 44.2 Å². The predicted octanol–water partition coefficient (Wildman–Crippen LogP) is 3.44. The van der Waals surface area contributed by atoms with E-state index in [1.165, 1.54) is 6.07 Å². The Morgan fingerprint density at radius 1 is 1.05 bits per heavy atom. The Bertz CT molecular complexity index is 1200. The SMILES string of the molecule is CC(C)C[C@@]1([C@H](CCN2C(=O)c3ccc(F)cc3C2=O)C(=O)NO)CCN(CCc2ccccc2)C1=O. The first-order chi connectivity index (χ1) is 17.7. The third-order valence-electron chi connectivity index (χ3n) is 7.49. The summed E-state index contributed by atoms with van der Waals surface area (Å²) in [7, 11) is 0. The van der Waals surface area contributed by atoms with Gasteiger partial charge < -0.3 is 4.90 Å². The molecule has 196 valence electrons. The Morgan fingerprint density at radius 2 is 1.76 bits per heavy atom. The zero-order valence-electron chi connectivity index (χ0n) is 21.1. The summed E-state index contributed by atoms with van der Waals surface area (Å²) in [5.74, 6) is -3.59. The zero-order valence-corrected chi connectivity index (χ0v) is 21.1. The summed E-state index contributed by atoms with van der Waals surface area (Å²) in [4.78, 5) is 55.3. The summed E-state index contributed by atoms with van der Waals surface area (Å²) < 4.78 is 13.7. The van der Waals surface area contributed by atoms with Crippen LogP contribution in [-0.4, -0.2) is 58.3 Å². The third kappa shape index (κ3) is 5.13. The number of hydrogen-bond acceptors (Lipinski definition) is 5. The van der Waals surface area contributed by atoms with E-state index in [-0.39, 0.29) is 35.9 Å². The molecule has 2 aromatic rings. The van der Waals surface area contributed by atoms with Crippen LogP contribution in [0.2, 0.25) is 0 Å². The van der Waals surface area contributed by atoms with E-state index >= 15 is 0 Å². The van der Waals surface area contributed by atoms with E-state index in [1.54, 1.807) is 10.4 Å². The van der Waals surface area contributed by atoms with Crippen molar-refractivity contribution in [2.75, 3.05) is 19.6 Å². The van der Waals surface area contributed by atoms with Gasteiger partial charge in [-0.05, 0) is 55.4 Å². The number of hydroxylamine groups is 1. The van der Waals surface area contributed by atoms with Gasteiger partial charge in [-0.15, -0.1) is 0 Å². The maximum absolute atomic E-state index is 13.9. The maximum Gasteiger partial charge on any atom is 0.261 e. The second kappa shape index (κ2) is 10.8. The highest BCUT2D eigenvalue weighted by molar-refractivity contribution is 6.21. The van der Waals surface area contributed by atoms with E-state index in [0.29, 0.717) is 32.4 Å². The summed E-state index contributed by atoms with van der Waals surface area (Å²) >= 11 is 0. The topological polar surface area (TPSA) is 107 Å². The number of carbonyl (C=O) groups is 4. The van der Waals surface area contributed by atoms with Crippen LogP contribution in [-0.2, 0) is 16.0 Å². The number of fused-ring (bicyclic) bond motifs is 1. The minimum Gasteiger partial charge on any atom is -0.342 e. The average Bonchev–Trinajstić information content (AvgIpc) is 3.31. The lowest BCUT2D eigenvalue weighted by Gasteiger charge is -2.36. The minimum atomic E-state index is -1.08. The molecule has 1 saturated heterocycles. The van der Waals surface area contributed by atoms with Gasteiger partial charge in [-0.3, -0.25) is 29.3 Å². The number of nitrogens with one attached hydrogen (secondary N) is 1. The first-order valence-electron chi connectivity index (χ1n) is 12.6. The van der Waals surface area contributed by atoms with E-state index in [2.05, 4.69) is 0 Å². The molecular formula is C28H32FN3O5. The van der Waals surface area contributed by atoms with Crippen molar-refractivity contribution in [3.8, 4) is 0 Å². The van der Waals surface area contributed by atoms with Crippen LogP contribution in [0, 0.1) is 23.1 Å². The Morgan fingerprint density at radius 3 is 2.43 bits per heavy atom. The molecule has 2 N–H and O–H groups in total. The molecule has 8 nitrogen and oxygen atoms in total. The first-order valence-corrected chi connectivity index (χ1v) is 12.6. The molecule has 2 aromatic carbocycles. The molecule has 0 unspecified atom stereocenters. The van der Waals surface area contributed by atoms with Crippen LogP contribution < -0.4 is 5.48 Å². The fourth-order valence-electron chi connectivity index (χ4n) is 5.82. The maximum atomic E-state index is 13.9. The van der Waals surface area contributed by atoms with Crippen LogP contribution in [0.25, 0.3) is 0 Å². The number of amides is 4. The van der Waals surface area contributed by atoms with Crippen LogP contribution in [0.15, 0.2) is 48.5 Å². The second-order valence-corrected chi connectivity index (χ2v) is 10.3. The number of benzene rings is 2. The van der Waals surface area contributed by atoms with Gasteiger partial charge in [0.15, 0.2) is 0 Å². The smallest absolute Gasteiger partial charge is 0.261 e. The van der Waals surface area contributed by atoms with Crippen LogP contribution in [0.3, 0.4) is 0 Å². The molecule has 37 heavy (non-hydrogen) atoms. The van der Waals surface area contributed by atoms with E-state index < -0.39 is 34.9 Å². The summed E-state index contributed by atoms with van der Waals surface area (Å²) in [6.07, 6.45) is 1.50. The summed E-state index contributed by atoms with van der Waals surface area (Å²) in [6.45, 7) is 4.77. The monoisotopic (exact) mass is 509 g/mol. The molecule has 2 aliphatic rings. The molecule has 0 radical (unpaired) electrons. The van der Waals surface area contributed by atoms with Crippen LogP contribution >= 0.6 is 0 Å². The van der Waals surface area contributed by atoms with Crippen LogP contribution in [0.1, 0.15) is 59.4 Å². The lowest BCUT2D eigenvalue weighted by atomic mass is 9.67. The standard InChI is InChI=1S/C28H32FN3O5/c1-18(2)17-28(12-15-31(27(28)36)13-10-19-6-4-3-5-7-19)23(24(33)30-37)11-14-32-25(34)21-9-8-20(29)16-22(21)26(32)35/h3-9,16,18,23,37H,10-15,17H2,1-2H3,(H,30,33)/t23-,28-/m1/s1. The number of imide groups is 1. The molecule has 2 atom stereocenters. The molecule has 2 aliphatic heterocycles. The van der Waals surface area contributed by atoms with Crippen LogP contribution in [0.4, 0.5) is 4.39 Å². The van der Waals surface area contributed by atoms with E-state index in [0.717, 1.165) is 22.6 Å². The number of nitrogens with zero attached hydrogens (tertiary/aromatic N) is 2. The molecule has 0 aliphatic carbocycles. The Balaban J connectivity index is 1.55. The zero-order chi connectivity index (χ0) is 26.7. The summed E-state index contributed by atoms with van der Waals surface area (Å²) in [6, 6.07) is 13.2. The number of likely N-dealkylation sites (tertiary alicyclic amines) is 1. The fraction of sp³-hybridized carbons (Fsp3) is 0.429. The quantitative estimate of drug-likeness (QED) is 0.290. The normalized spacial score (nSPS) is 20.1. The summed E-state index contributed by atoms with van der Waals surface area (Å²) in [5.41, 5.74) is 1.82. The lowest BCUT2D eigenvalue weighted by Crippen LogP contribution is -2.48. The highest BCUT2D eigenvalue weighted by Gasteiger charge is 2.54. The third-order valence-corrected chi connectivity index (χ3v) is 7.49. The van der Waals surface area contributed by atoms with Gasteiger partial charge in [-0.1, -0.05) is 44.2 Å². The lowest BCUT2D eigenvalue weighted by molar-refractivity contribution is -0.150. The largest absolute Gasteiger partial charge is 0.342 e. The van der Waals surface area contributed by atoms with Crippen molar-refractivity contribution in [1.29, 1.82) is 0 Å². The first kappa shape index (κ1) is 26.5. The summed E-state index contributed by atoms with van der Waals surface area (Å²) in [5, 5.41) is 9.57. The van der Waals surface area contributed by atoms with Crippen molar-refractivity contribution in [2.24, 2.45) is 17.3 Å². The number of carbonyl (C=O) groups excluding carboxylic acids is 4. The number of rotatable bonds is 10. The van der Waals surface area contributed by atoms with Gasteiger partial charge in [0.25, 0.3) is 11.8 Å². The predicted molar refractivity (Wildman–Crippen MR) is 133 cm³/mol. The molecule has 2 heterocycles. The molecule has 9 heteroatoms. The van der Waals surface area contributed by atoms with Gasteiger partial charge in [0, 0.05) is 19.6 Å². The minimum absolute atomic E-state index is 0.00860. The van der Waals surface area contributed by atoms with E-state index in [9.17, 15) is 28.8 Å². The molecule has 0 aromatic heterocycles. The molecule has 4 amide bonds. The number of halogens is 1. The van der Waals surface area contributed by atoms with Gasteiger partial charge in [0.1, 0.15) is 5.82 Å². The van der Waals surface area contributed by atoms with Crippen molar-refractivity contribution >= 4 is 23.6 Å². The molecule has 0 bridgehead atoms. The molecule has 4 rings (SSSR count). The molecule has 0 spiro atoms. The van der Waals surface area contributed by atoms with Crippen molar-refractivity contribution in [3.63, 3.8) is 0 Å². The highest BCUT2D eigenvalue weighted by atomic mass is 19.1. The van der Waals surface area contributed by atoms with Gasteiger partial charge in [0.05, 0.1) is 22.5 Å². The Labute approximate surface area is 215 Å². The van der Waals surface area contributed by atoms with Crippen molar-refractivity contribution in [3.05, 3.63) is 71.0 Å². The molecule has 0 saturated carbocycles. The van der Waals surface area contributed by atoms with Crippen LogP contribution in [0.5, 0.6) is 0 Å². The second-order valence-electron chi connectivity index (χ2n) is 10.3. The Hall–Kier alpha value is -3.59. The highest BCUT2D eigenvalue weighted by Crippen LogP contribution is 2.46. The van der Waals surface area contributed by atoms with Gasteiger partial charge in [-0.25, -0.2) is 9.87 Å². The van der Waals surface area contributed by atoms with Gasteiger partial charge >= 0.3 is 0 Å². The van der Waals surface area contributed by atoms with Crippen molar-refractivity contribution in [1.82, 2.24) is 15.3 Å². The van der Waals surface area contributed by atoms with E-state index in [4.69, 9.17) is 0 Å². The number of hydrogen-bond donors (Lipinski definition) is 2. The van der Waals surface area contributed by atoms with Crippen molar-refractivity contribution < 1.29 is 28.8 Å². The van der Waals surface area contributed by atoms with Crippen molar-refractivity contribution in [2.45, 2.75) is 39.5 Å². The Kier molecular flexibility index (Phi) is 7.73. The fourth-order valence-corrected chi connectivity index (χ4v) is 5.82. The molecular weight excluding hydrogens is 477 g/mol.